The van der Waals surface area contributed by atoms with Crippen LogP contribution in [0.5, 0.6) is 0 Å². The van der Waals surface area contributed by atoms with E-state index >= 15 is 0 Å². The number of nitro groups is 1. The fourth-order valence-corrected chi connectivity index (χ4v) is 3.40. The van der Waals surface area contributed by atoms with Crippen molar-refractivity contribution in [1.82, 2.24) is 14.9 Å². The van der Waals surface area contributed by atoms with Crippen LogP contribution in [0, 0.1) is 10.1 Å². The minimum Gasteiger partial charge on any atom is -0.342 e. The number of hydrogen-bond acceptors (Lipinski definition) is 4. The van der Waals surface area contributed by atoms with E-state index in [1.54, 1.807) is 6.07 Å². The predicted octanol–water partition coefficient (Wildman–Crippen LogP) is 3.19. The minimum absolute atomic E-state index is 0.0351. The summed E-state index contributed by atoms with van der Waals surface area (Å²) in [4.78, 5) is 32.4. The van der Waals surface area contributed by atoms with Crippen LogP contribution in [0.3, 0.4) is 0 Å². The Labute approximate surface area is 140 Å². The van der Waals surface area contributed by atoms with Crippen molar-refractivity contribution in [3.05, 3.63) is 34.1 Å². The first kappa shape index (κ1) is 16.4. The number of amides is 1. The topological polar surface area (TPSA) is 92.1 Å². The zero-order valence-corrected chi connectivity index (χ0v) is 13.8. The lowest BCUT2D eigenvalue weighted by molar-refractivity contribution is -0.384. The van der Waals surface area contributed by atoms with Crippen LogP contribution in [0.2, 0.25) is 0 Å². The molecule has 1 aliphatic rings. The minimum atomic E-state index is -0.426. The molecule has 7 nitrogen and oxygen atoms in total. The molecule has 1 aliphatic heterocycles. The number of carbonyl (C=O) groups excluding carboxylic acids is 1. The Morgan fingerprint density at radius 2 is 2.29 bits per heavy atom. The van der Waals surface area contributed by atoms with E-state index in [4.69, 9.17) is 0 Å². The maximum Gasteiger partial charge on any atom is 0.271 e. The number of aromatic nitrogens is 2. The summed E-state index contributed by atoms with van der Waals surface area (Å²) in [5.74, 6) is 0.872. The summed E-state index contributed by atoms with van der Waals surface area (Å²) in [7, 11) is 0. The average Bonchev–Trinajstić information content (AvgIpc) is 3.01. The fourth-order valence-electron chi connectivity index (χ4n) is 3.40. The van der Waals surface area contributed by atoms with E-state index in [0.29, 0.717) is 35.7 Å². The van der Waals surface area contributed by atoms with Gasteiger partial charge in [-0.15, -0.1) is 0 Å². The molecule has 1 aromatic carbocycles. The molecule has 0 aliphatic carbocycles. The predicted molar refractivity (Wildman–Crippen MR) is 90.7 cm³/mol. The molecule has 0 radical (unpaired) electrons. The fraction of sp³-hybridized carbons (Fsp3) is 0.529. The van der Waals surface area contributed by atoms with Crippen LogP contribution in [0.1, 0.15) is 44.9 Å². The van der Waals surface area contributed by atoms with Gasteiger partial charge in [-0.1, -0.05) is 6.92 Å². The standard InChI is InChI=1S/C17H22N4O3/c1-2-12-5-3-4-10-20(12)17(22)9-8-16-18-14-7-6-13(21(23)24)11-15(14)19-16/h6-7,11-12H,2-5,8-10H2,1H3,(H,18,19)/t12-/m1/s1. The van der Waals surface area contributed by atoms with Crippen molar-refractivity contribution in [1.29, 1.82) is 0 Å². The normalized spacial score (nSPS) is 18.0. The molecule has 2 heterocycles. The van der Waals surface area contributed by atoms with Gasteiger partial charge in [0.1, 0.15) is 5.82 Å². The lowest BCUT2D eigenvalue weighted by Crippen LogP contribution is -2.43. The van der Waals surface area contributed by atoms with Gasteiger partial charge in [0.05, 0.1) is 16.0 Å². The van der Waals surface area contributed by atoms with E-state index in [0.717, 1.165) is 25.8 Å². The number of nitrogens with zero attached hydrogens (tertiary/aromatic N) is 3. The van der Waals surface area contributed by atoms with E-state index in [9.17, 15) is 14.9 Å². The lowest BCUT2D eigenvalue weighted by atomic mass is 9.99. The highest BCUT2D eigenvalue weighted by Gasteiger charge is 2.25. The number of aryl methyl sites for hydroxylation is 1. The molecule has 128 valence electrons. The van der Waals surface area contributed by atoms with Gasteiger partial charge in [-0.05, 0) is 31.7 Å². The summed E-state index contributed by atoms with van der Waals surface area (Å²) in [5, 5.41) is 10.8. The maximum atomic E-state index is 12.5. The van der Waals surface area contributed by atoms with E-state index in [1.165, 1.54) is 18.6 Å². The van der Waals surface area contributed by atoms with Gasteiger partial charge in [0.15, 0.2) is 0 Å². The molecule has 1 atom stereocenters. The Bertz CT molecular complexity index is 755. The number of nitro benzene ring substituents is 1. The van der Waals surface area contributed by atoms with Crippen LogP contribution in [0.4, 0.5) is 5.69 Å². The van der Waals surface area contributed by atoms with Crippen molar-refractivity contribution in [3.63, 3.8) is 0 Å². The van der Waals surface area contributed by atoms with E-state index < -0.39 is 4.92 Å². The number of carbonyl (C=O) groups is 1. The van der Waals surface area contributed by atoms with Gasteiger partial charge >= 0.3 is 0 Å². The molecule has 0 unspecified atom stereocenters. The first-order valence-corrected chi connectivity index (χ1v) is 8.51. The number of H-pyrrole nitrogens is 1. The SMILES string of the molecule is CC[C@@H]1CCCCN1C(=O)CCc1nc2ccc([N+](=O)[O-])cc2[nH]1. The number of rotatable bonds is 5. The molecular weight excluding hydrogens is 308 g/mol. The van der Waals surface area contributed by atoms with Crippen LogP contribution >= 0.6 is 0 Å². The average molecular weight is 330 g/mol. The molecule has 3 rings (SSSR count). The molecule has 1 aromatic heterocycles. The summed E-state index contributed by atoms with van der Waals surface area (Å²) in [6.45, 7) is 2.98. The summed E-state index contributed by atoms with van der Waals surface area (Å²) in [5.41, 5.74) is 1.36. The number of fused-ring (bicyclic) bond motifs is 1. The van der Waals surface area contributed by atoms with Crippen molar-refractivity contribution in [2.45, 2.75) is 51.5 Å². The third-order valence-corrected chi connectivity index (χ3v) is 4.72. The number of benzene rings is 1. The van der Waals surface area contributed by atoms with Crippen LogP contribution in [-0.4, -0.2) is 38.3 Å². The number of piperidine rings is 1. The smallest absolute Gasteiger partial charge is 0.271 e. The highest BCUT2D eigenvalue weighted by atomic mass is 16.6. The highest BCUT2D eigenvalue weighted by Crippen LogP contribution is 2.22. The molecule has 2 aromatic rings. The Kier molecular flexibility index (Phi) is 4.78. The van der Waals surface area contributed by atoms with Gasteiger partial charge in [0, 0.05) is 37.6 Å². The molecule has 7 heteroatoms. The van der Waals surface area contributed by atoms with E-state index in [2.05, 4.69) is 16.9 Å². The zero-order chi connectivity index (χ0) is 17.1. The number of imidazole rings is 1. The van der Waals surface area contributed by atoms with Crippen molar-refractivity contribution >= 4 is 22.6 Å². The summed E-state index contributed by atoms with van der Waals surface area (Å²) < 4.78 is 0. The Morgan fingerprint density at radius 3 is 3.04 bits per heavy atom. The first-order valence-electron chi connectivity index (χ1n) is 8.51. The van der Waals surface area contributed by atoms with Gasteiger partial charge in [0.2, 0.25) is 5.91 Å². The van der Waals surface area contributed by atoms with Gasteiger partial charge < -0.3 is 9.88 Å². The molecule has 1 saturated heterocycles. The van der Waals surface area contributed by atoms with Crippen molar-refractivity contribution < 1.29 is 9.72 Å². The van der Waals surface area contributed by atoms with Crippen LogP contribution in [0.25, 0.3) is 11.0 Å². The molecule has 1 N–H and O–H groups in total. The summed E-state index contributed by atoms with van der Waals surface area (Å²) in [6.07, 6.45) is 5.31. The number of non-ortho nitro benzene ring substituents is 1. The second-order valence-electron chi connectivity index (χ2n) is 6.29. The van der Waals surface area contributed by atoms with Crippen molar-refractivity contribution in [2.75, 3.05) is 6.54 Å². The van der Waals surface area contributed by atoms with Gasteiger partial charge in [0.25, 0.3) is 5.69 Å². The molecule has 0 bridgehead atoms. The summed E-state index contributed by atoms with van der Waals surface area (Å²) >= 11 is 0. The zero-order valence-electron chi connectivity index (χ0n) is 13.8. The Morgan fingerprint density at radius 1 is 1.46 bits per heavy atom. The number of aromatic amines is 1. The van der Waals surface area contributed by atoms with Crippen LogP contribution in [0.15, 0.2) is 18.2 Å². The number of likely N-dealkylation sites (tertiary alicyclic amines) is 1. The first-order chi connectivity index (χ1) is 11.6. The second kappa shape index (κ2) is 6.98. The van der Waals surface area contributed by atoms with Crippen LogP contribution < -0.4 is 0 Å². The molecule has 24 heavy (non-hydrogen) atoms. The van der Waals surface area contributed by atoms with Crippen molar-refractivity contribution in [2.24, 2.45) is 0 Å². The van der Waals surface area contributed by atoms with E-state index in [-0.39, 0.29) is 11.6 Å². The van der Waals surface area contributed by atoms with E-state index in [1.807, 2.05) is 4.90 Å². The molecule has 0 spiro atoms. The molecule has 1 amide bonds. The second-order valence-corrected chi connectivity index (χ2v) is 6.29. The summed E-state index contributed by atoms with van der Waals surface area (Å²) in [6, 6.07) is 4.92. The number of hydrogen-bond donors (Lipinski definition) is 1. The maximum absolute atomic E-state index is 12.5. The monoisotopic (exact) mass is 330 g/mol. The third kappa shape index (κ3) is 3.39. The largest absolute Gasteiger partial charge is 0.342 e. The van der Waals surface area contributed by atoms with Gasteiger partial charge in [-0.2, -0.15) is 0 Å². The van der Waals surface area contributed by atoms with Crippen LogP contribution in [-0.2, 0) is 11.2 Å². The lowest BCUT2D eigenvalue weighted by Gasteiger charge is -2.35. The Balaban J connectivity index is 1.66. The van der Waals surface area contributed by atoms with Gasteiger partial charge in [-0.3, -0.25) is 14.9 Å². The molecule has 0 saturated carbocycles. The van der Waals surface area contributed by atoms with Crippen molar-refractivity contribution in [3.8, 4) is 0 Å². The third-order valence-electron chi connectivity index (χ3n) is 4.72. The van der Waals surface area contributed by atoms with Gasteiger partial charge in [-0.25, -0.2) is 4.98 Å². The Hall–Kier alpha value is -2.44. The quantitative estimate of drug-likeness (QED) is 0.673. The highest BCUT2D eigenvalue weighted by molar-refractivity contribution is 5.79. The molecular formula is C17H22N4O3. The molecule has 1 fully saturated rings. The number of nitrogens with one attached hydrogen (secondary N) is 1.